The van der Waals surface area contributed by atoms with Gasteiger partial charge in [-0.05, 0) is 31.5 Å². The molecule has 0 spiro atoms. The smallest absolute Gasteiger partial charge is 0.313 e. The second-order valence-corrected chi connectivity index (χ2v) is 4.45. The van der Waals surface area contributed by atoms with Crippen LogP contribution in [0.4, 0.5) is 0 Å². The Morgan fingerprint density at radius 1 is 1.43 bits per heavy atom. The number of rotatable bonds is 2. The van der Waals surface area contributed by atoms with Crippen molar-refractivity contribution in [2.45, 2.75) is 19.3 Å². The van der Waals surface area contributed by atoms with Crippen LogP contribution in [0.15, 0.2) is 22.7 Å². The minimum Gasteiger partial charge on any atom is -0.508 e. The molecule has 0 aliphatic heterocycles. The fourth-order valence-electron chi connectivity index (χ4n) is 1.13. The van der Waals surface area contributed by atoms with Crippen LogP contribution in [0.3, 0.4) is 0 Å². The zero-order valence-electron chi connectivity index (χ0n) is 7.91. The Morgan fingerprint density at radius 3 is 2.43 bits per heavy atom. The quantitative estimate of drug-likeness (QED) is 0.857. The van der Waals surface area contributed by atoms with Gasteiger partial charge in [0, 0.05) is 4.47 Å². The Labute approximate surface area is 90.5 Å². The SMILES string of the molecule is CC(C)(C(=O)O)c1ccc(O)cc1Br. The molecule has 14 heavy (non-hydrogen) atoms. The van der Waals surface area contributed by atoms with Gasteiger partial charge in [0.15, 0.2) is 0 Å². The molecule has 1 aromatic carbocycles. The minimum absolute atomic E-state index is 0.113. The zero-order chi connectivity index (χ0) is 10.9. The molecule has 0 unspecified atom stereocenters. The third-order valence-electron chi connectivity index (χ3n) is 2.16. The summed E-state index contributed by atoms with van der Waals surface area (Å²) in [6.45, 7) is 3.24. The fraction of sp³-hybridized carbons (Fsp3) is 0.300. The molecule has 0 fully saturated rings. The molecule has 3 nitrogen and oxygen atoms in total. The third kappa shape index (κ3) is 1.90. The molecular formula is C10H11BrO3. The highest BCUT2D eigenvalue weighted by Gasteiger charge is 2.31. The van der Waals surface area contributed by atoms with Gasteiger partial charge in [0.2, 0.25) is 0 Å². The van der Waals surface area contributed by atoms with E-state index < -0.39 is 11.4 Å². The van der Waals surface area contributed by atoms with Gasteiger partial charge in [-0.3, -0.25) is 4.79 Å². The zero-order valence-corrected chi connectivity index (χ0v) is 9.50. The van der Waals surface area contributed by atoms with Crippen LogP contribution in [0.2, 0.25) is 0 Å². The predicted octanol–water partition coefficient (Wildman–Crippen LogP) is 2.52. The number of aliphatic carboxylic acids is 1. The monoisotopic (exact) mass is 258 g/mol. The van der Waals surface area contributed by atoms with E-state index in [-0.39, 0.29) is 5.75 Å². The molecule has 0 bridgehead atoms. The van der Waals surface area contributed by atoms with Crippen LogP contribution in [-0.4, -0.2) is 16.2 Å². The van der Waals surface area contributed by atoms with E-state index in [9.17, 15) is 4.79 Å². The van der Waals surface area contributed by atoms with Crippen molar-refractivity contribution in [3.63, 3.8) is 0 Å². The van der Waals surface area contributed by atoms with Crippen molar-refractivity contribution in [2.24, 2.45) is 0 Å². The van der Waals surface area contributed by atoms with E-state index in [1.807, 2.05) is 0 Å². The second kappa shape index (κ2) is 3.61. The molecule has 0 aromatic heterocycles. The van der Waals surface area contributed by atoms with Crippen LogP contribution in [0, 0.1) is 0 Å². The summed E-state index contributed by atoms with van der Waals surface area (Å²) in [6.07, 6.45) is 0. The molecule has 0 aliphatic rings. The van der Waals surface area contributed by atoms with Gasteiger partial charge in [-0.15, -0.1) is 0 Å². The first kappa shape index (κ1) is 11.0. The maximum atomic E-state index is 11.0. The molecular weight excluding hydrogens is 248 g/mol. The summed E-state index contributed by atoms with van der Waals surface area (Å²) in [5.74, 6) is -0.786. The Balaban J connectivity index is 3.26. The van der Waals surface area contributed by atoms with Crippen molar-refractivity contribution in [3.05, 3.63) is 28.2 Å². The van der Waals surface area contributed by atoms with Crippen LogP contribution in [0.1, 0.15) is 19.4 Å². The van der Waals surface area contributed by atoms with Crippen molar-refractivity contribution in [2.75, 3.05) is 0 Å². The van der Waals surface area contributed by atoms with E-state index in [2.05, 4.69) is 15.9 Å². The molecule has 1 aromatic rings. The van der Waals surface area contributed by atoms with Gasteiger partial charge in [-0.2, -0.15) is 0 Å². The Hall–Kier alpha value is -1.03. The molecule has 4 heteroatoms. The topological polar surface area (TPSA) is 57.5 Å². The van der Waals surface area contributed by atoms with Crippen molar-refractivity contribution in [1.82, 2.24) is 0 Å². The normalized spacial score (nSPS) is 11.4. The van der Waals surface area contributed by atoms with Crippen LogP contribution >= 0.6 is 15.9 Å². The number of aromatic hydroxyl groups is 1. The van der Waals surface area contributed by atoms with Crippen LogP contribution in [0.5, 0.6) is 5.75 Å². The van der Waals surface area contributed by atoms with E-state index in [1.54, 1.807) is 19.9 Å². The predicted molar refractivity (Wildman–Crippen MR) is 56.5 cm³/mol. The molecule has 0 amide bonds. The van der Waals surface area contributed by atoms with E-state index >= 15 is 0 Å². The first-order valence-corrected chi connectivity index (χ1v) is 4.87. The lowest BCUT2D eigenvalue weighted by atomic mass is 9.85. The van der Waals surface area contributed by atoms with Crippen molar-refractivity contribution in [1.29, 1.82) is 0 Å². The number of hydrogen-bond acceptors (Lipinski definition) is 2. The van der Waals surface area contributed by atoms with E-state index in [4.69, 9.17) is 10.2 Å². The van der Waals surface area contributed by atoms with Crippen LogP contribution < -0.4 is 0 Å². The summed E-state index contributed by atoms with van der Waals surface area (Å²) in [5.41, 5.74) is -0.324. The van der Waals surface area contributed by atoms with Crippen LogP contribution in [0.25, 0.3) is 0 Å². The highest BCUT2D eigenvalue weighted by Crippen LogP contribution is 2.32. The highest BCUT2D eigenvalue weighted by molar-refractivity contribution is 9.10. The Morgan fingerprint density at radius 2 is 2.00 bits per heavy atom. The van der Waals surface area contributed by atoms with E-state index in [0.29, 0.717) is 10.0 Å². The molecule has 0 saturated carbocycles. The molecule has 0 radical (unpaired) electrons. The summed E-state index contributed by atoms with van der Waals surface area (Å²) < 4.78 is 0.602. The molecule has 2 N–H and O–H groups in total. The van der Waals surface area contributed by atoms with Crippen molar-refractivity contribution in [3.8, 4) is 5.75 Å². The maximum absolute atomic E-state index is 11.0. The highest BCUT2D eigenvalue weighted by atomic mass is 79.9. The molecule has 0 saturated heterocycles. The van der Waals surface area contributed by atoms with Gasteiger partial charge in [-0.1, -0.05) is 22.0 Å². The summed E-state index contributed by atoms with van der Waals surface area (Å²) in [5, 5.41) is 18.2. The standard InChI is InChI=1S/C10H11BrO3/c1-10(2,9(13)14)7-4-3-6(12)5-8(7)11/h3-5,12H,1-2H3,(H,13,14). The van der Waals surface area contributed by atoms with Gasteiger partial charge in [0.1, 0.15) is 5.75 Å². The number of carboxylic acids is 1. The van der Waals surface area contributed by atoms with Crippen LogP contribution in [-0.2, 0) is 10.2 Å². The average Bonchev–Trinajstić information content (AvgIpc) is 2.02. The van der Waals surface area contributed by atoms with Crippen molar-refractivity contribution < 1.29 is 15.0 Å². The molecule has 76 valence electrons. The number of carbonyl (C=O) groups is 1. The molecule has 1 rings (SSSR count). The Bertz CT molecular complexity index is 372. The molecule has 0 atom stereocenters. The third-order valence-corrected chi connectivity index (χ3v) is 2.82. The average molecular weight is 259 g/mol. The van der Waals surface area contributed by atoms with Gasteiger partial charge in [0.25, 0.3) is 0 Å². The minimum atomic E-state index is -0.966. The van der Waals surface area contributed by atoms with Gasteiger partial charge < -0.3 is 10.2 Å². The maximum Gasteiger partial charge on any atom is 0.313 e. The number of carboxylic acid groups (broad SMARTS) is 1. The summed E-state index contributed by atoms with van der Waals surface area (Å²) in [7, 11) is 0. The Kier molecular flexibility index (Phi) is 2.85. The lowest BCUT2D eigenvalue weighted by molar-refractivity contribution is -0.142. The summed E-state index contributed by atoms with van der Waals surface area (Å²) in [4.78, 5) is 11.0. The number of hydrogen-bond donors (Lipinski definition) is 2. The van der Waals surface area contributed by atoms with Gasteiger partial charge >= 0.3 is 5.97 Å². The fourth-order valence-corrected chi connectivity index (χ4v) is 1.99. The number of phenols is 1. The number of benzene rings is 1. The molecule has 0 aliphatic carbocycles. The lowest BCUT2D eigenvalue weighted by Crippen LogP contribution is -2.28. The first-order chi connectivity index (χ1) is 6.35. The second-order valence-electron chi connectivity index (χ2n) is 3.59. The van der Waals surface area contributed by atoms with Gasteiger partial charge in [-0.25, -0.2) is 0 Å². The first-order valence-electron chi connectivity index (χ1n) is 4.08. The van der Waals surface area contributed by atoms with Crippen molar-refractivity contribution >= 4 is 21.9 Å². The number of halogens is 1. The van der Waals surface area contributed by atoms with Gasteiger partial charge in [0.05, 0.1) is 5.41 Å². The largest absolute Gasteiger partial charge is 0.508 e. The lowest BCUT2D eigenvalue weighted by Gasteiger charge is -2.21. The summed E-state index contributed by atoms with van der Waals surface area (Å²) in [6, 6.07) is 4.57. The molecule has 0 heterocycles. The number of phenolic OH excluding ortho intramolecular Hbond substituents is 1. The summed E-state index contributed by atoms with van der Waals surface area (Å²) >= 11 is 3.23. The van der Waals surface area contributed by atoms with E-state index in [0.717, 1.165) is 0 Å². The van der Waals surface area contributed by atoms with E-state index in [1.165, 1.54) is 12.1 Å².